The van der Waals surface area contributed by atoms with Crippen molar-refractivity contribution in [3.8, 4) is 11.5 Å². The predicted molar refractivity (Wildman–Crippen MR) is 87.4 cm³/mol. The highest BCUT2D eigenvalue weighted by Crippen LogP contribution is 2.37. The summed E-state index contributed by atoms with van der Waals surface area (Å²) in [5.74, 6) is -0.447. The minimum absolute atomic E-state index is 0. The van der Waals surface area contributed by atoms with E-state index in [1.807, 2.05) is 0 Å². The van der Waals surface area contributed by atoms with E-state index in [0.29, 0.717) is 26.2 Å². The van der Waals surface area contributed by atoms with Crippen molar-refractivity contribution in [3.05, 3.63) is 23.8 Å². The standard InChI is InChI=1S/C14H17F5N2O2.2ClH/c1-22-11-3-2-9(23-14(17,18)19)8-10(11)12(13(15)16)21-6-4-20-5-7-21;;/h2-3,8,12-13,20H,4-7H2,1H3;2*1H/t12-;;/m1../s1. The summed E-state index contributed by atoms with van der Waals surface area (Å²) >= 11 is 0. The molecule has 1 fully saturated rings. The van der Waals surface area contributed by atoms with E-state index in [0.717, 1.165) is 12.1 Å². The van der Waals surface area contributed by atoms with Crippen molar-refractivity contribution in [1.29, 1.82) is 0 Å². The van der Waals surface area contributed by atoms with Crippen molar-refractivity contribution in [1.82, 2.24) is 10.2 Å². The molecule has 146 valence electrons. The number of hydrogen-bond acceptors (Lipinski definition) is 4. The van der Waals surface area contributed by atoms with Crippen LogP contribution in [0.2, 0.25) is 0 Å². The number of hydrogen-bond donors (Lipinski definition) is 1. The Morgan fingerprint density at radius 3 is 2.20 bits per heavy atom. The van der Waals surface area contributed by atoms with Crippen LogP contribution in [0.1, 0.15) is 11.6 Å². The lowest BCUT2D eigenvalue weighted by Crippen LogP contribution is -2.47. The van der Waals surface area contributed by atoms with Gasteiger partial charge in [0.1, 0.15) is 17.5 Å². The van der Waals surface area contributed by atoms with E-state index >= 15 is 0 Å². The van der Waals surface area contributed by atoms with Gasteiger partial charge in [-0.15, -0.1) is 38.0 Å². The van der Waals surface area contributed by atoms with Crippen molar-refractivity contribution in [2.45, 2.75) is 18.8 Å². The summed E-state index contributed by atoms with van der Waals surface area (Å²) in [5.41, 5.74) is -0.0221. The SMILES string of the molecule is COc1ccc(OC(F)(F)F)cc1[C@H](C(F)F)N1CCNCC1.Cl.Cl. The molecule has 0 aliphatic carbocycles. The average Bonchev–Trinajstić information content (AvgIpc) is 2.47. The van der Waals surface area contributed by atoms with Crippen molar-refractivity contribution in [2.24, 2.45) is 0 Å². The number of nitrogens with zero attached hydrogens (tertiary/aromatic N) is 1. The van der Waals surface area contributed by atoms with Crippen LogP contribution in [0.25, 0.3) is 0 Å². The van der Waals surface area contributed by atoms with Gasteiger partial charge in [0.2, 0.25) is 0 Å². The Labute approximate surface area is 154 Å². The maximum absolute atomic E-state index is 13.6. The number of piperazine rings is 1. The van der Waals surface area contributed by atoms with Crippen LogP contribution in [0.5, 0.6) is 11.5 Å². The fraction of sp³-hybridized carbons (Fsp3) is 0.571. The van der Waals surface area contributed by atoms with E-state index in [-0.39, 0.29) is 36.1 Å². The molecular formula is C14H19Cl2F5N2O2. The number of rotatable bonds is 5. The van der Waals surface area contributed by atoms with Crippen LogP contribution in [-0.2, 0) is 0 Å². The normalized spacial score (nSPS) is 16.6. The molecule has 0 bridgehead atoms. The predicted octanol–water partition coefficient (Wildman–Crippen LogP) is 3.65. The van der Waals surface area contributed by atoms with Crippen LogP contribution in [0.15, 0.2) is 18.2 Å². The first-order valence-corrected chi connectivity index (χ1v) is 6.98. The van der Waals surface area contributed by atoms with E-state index in [1.165, 1.54) is 18.1 Å². The van der Waals surface area contributed by atoms with Gasteiger partial charge in [-0.05, 0) is 18.2 Å². The molecule has 1 N–H and O–H groups in total. The van der Waals surface area contributed by atoms with Crippen molar-refractivity contribution < 1.29 is 31.4 Å². The maximum Gasteiger partial charge on any atom is 0.573 e. The number of methoxy groups -OCH3 is 1. The number of ether oxygens (including phenoxy) is 2. The summed E-state index contributed by atoms with van der Waals surface area (Å²) < 4.78 is 73.1. The van der Waals surface area contributed by atoms with Gasteiger partial charge in [-0.3, -0.25) is 4.90 Å². The van der Waals surface area contributed by atoms with Crippen LogP contribution in [0.3, 0.4) is 0 Å². The first-order chi connectivity index (χ1) is 10.8. The minimum atomic E-state index is -4.89. The van der Waals surface area contributed by atoms with Gasteiger partial charge >= 0.3 is 6.36 Å². The lowest BCUT2D eigenvalue weighted by molar-refractivity contribution is -0.274. The third-order valence-corrected chi connectivity index (χ3v) is 3.54. The smallest absolute Gasteiger partial charge is 0.496 e. The highest BCUT2D eigenvalue weighted by Gasteiger charge is 2.35. The van der Waals surface area contributed by atoms with Gasteiger partial charge in [0, 0.05) is 31.7 Å². The highest BCUT2D eigenvalue weighted by atomic mass is 35.5. The second-order valence-electron chi connectivity index (χ2n) is 5.02. The average molecular weight is 413 g/mol. The summed E-state index contributed by atoms with van der Waals surface area (Å²) in [6.07, 6.45) is -7.66. The van der Waals surface area contributed by atoms with E-state index in [9.17, 15) is 22.0 Å². The zero-order chi connectivity index (χ0) is 17.0. The molecule has 1 heterocycles. The van der Waals surface area contributed by atoms with E-state index in [4.69, 9.17) is 4.74 Å². The molecule has 1 saturated heterocycles. The molecule has 1 atom stereocenters. The van der Waals surface area contributed by atoms with E-state index in [2.05, 4.69) is 10.1 Å². The number of benzene rings is 1. The molecule has 1 aromatic carbocycles. The topological polar surface area (TPSA) is 33.7 Å². The van der Waals surface area contributed by atoms with Gasteiger partial charge in [-0.25, -0.2) is 8.78 Å². The van der Waals surface area contributed by atoms with E-state index in [1.54, 1.807) is 0 Å². The van der Waals surface area contributed by atoms with Gasteiger partial charge in [0.25, 0.3) is 6.43 Å². The molecule has 0 aromatic heterocycles. The third kappa shape index (κ3) is 6.65. The number of alkyl halides is 5. The van der Waals surface area contributed by atoms with Gasteiger partial charge in [-0.2, -0.15) is 0 Å². The largest absolute Gasteiger partial charge is 0.573 e. The van der Waals surface area contributed by atoms with Crippen LogP contribution >= 0.6 is 24.8 Å². The molecule has 0 amide bonds. The zero-order valence-corrected chi connectivity index (χ0v) is 14.8. The fourth-order valence-corrected chi connectivity index (χ4v) is 2.59. The first-order valence-electron chi connectivity index (χ1n) is 6.98. The second kappa shape index (κ2) is 10.2. The lowest BCUT2D eigenvalue weighted by Gasteiger charge is -2.35. The Morgan fingerprint density at radius 2 is 1.72 bits per heavy atom. The Morgan fingerprint density at radius 1 is 1.12 bits per heavy atom. The van der Waals surface area contributed by atoms with Crippen LogP contribution in [0, 0.1) is 0 Å². The molecule has 25 heavy (non-hydrogen) atoms. The molecule has 0 spiro atoms. The van der Waals surface area contributed by atoms with Crippen LogP contribution in [0.4, 0.5) is 22.0 Å². The Hall–Kier alpha value is -1.03. The minimum Gasteiger partial charge on any atom is -0.496 e. The molecule has 1 aromatic rings. The lowest BCUT2D eigenvalue weighted by atomic mass is 10.0. The van der Waals surface area contributed by atoms with Gasteiger partial charge in [-0.1, -0.05) is 0 Å². The second-order valence-corrected chi connectivity index (χ2v) is 5.02. The molecule has 0 saturated carbocycles. The van der Waals surface area contributed by atoms with Crippen molar-refractivity contribution in [2.75, 3.05) is 33.3 Å². The monoisotopic (exact) mass is 412 g/mol. The van der Waals surface area contributed by atoms with Gasteiger partial charge < -0.3 is 14.8 Å². The van der Waals surface area contributed by atoms with Crippen molar-refractivity contribution in [3.63, 3.8) is 0 Å². The van der Waals surface area contributed by atoms with Gasteiger partial charge in [0.15, 0.2) is 0 Å². The summed E-state index contributed by atoms with van der Waals surface area (Å²) in [7, 11) is 1.28. The quantitative estimate of drug-likeness (QED) is 0.748. The van der Waals surface area contributed by atoms with Crippen LogP contribution in [-0.4, -0.2) is 51.0 Å². The fourth-order valence-electron chi connectivity index (χ4n) is 2.59. The number of nitrogens with one attached hydrogen (secondary N) is 1. The van der Waals surface area contributed by atoms with Gasteiger partial charge in [0.05, 0.1) is 7.11 Å². The summed E-state index contributed by atoms with van der Waals surface area (Å²) in [4.78, 5) is 1.52. The number of halogens is 7. The third-order valence-electron chi connectivity index (χ3n) is 3.54. The molecule has 1 aliphatic rings. The van der Waals surface area contributed by atoms with E-state index < -0.39 is 24.6 Å². The maximum atomic E-state index is 13.6. The highest BCUT2D eigenvalue weighted by molar-refractivity contribution is 5.85. The summed E-state index contributed by atoms with van der Waals surface area (Å²) in [6.45, 7) is 1.79. The van der Waals surface area contributed by atoms with Crippen molar-refractivity contribution >= 4 is 24.8 Å². The Bertz CT molecular complexity index is 528. The Kier molecular flexibility index (Phi) is 9.78. The van der Waals surface area contributed by atoms with Crippen LogP contribution < -0.4 is 14.8 Å². The molecular weight excluding hydrogens is 394 g/mol. The molecule has 2 rings (SSSR count). The Balaban J connectivity index is 0.00000288. The zero-order valence-electron chi connectivity index (χ0n) is 13.2. The molecule has 0 radical (unpaired) electrons. The first kappa shape index (κ1) is 24.0. The summed E-state index contributed by atoms with van der Waals surface area (Å²) in [6, 6.07) is 1.85. The summed E-state index contributed by atoms with van der Waals surface area (Å²) in [5, 5.41) is 3.04. The molecule has 11 heteroatoms. The molecule has 4 nitrogen and oxygen atoms in total. The molecule has 1 aliphatic heterocycles. The molecule has 0 unspecified atom stereocenters.